The first-order chi connectivity index (χ1) is 10.9. The summed E-state index contributed by atoms with van der Waals surface area (Å²) in [5.41, 5.74) is 0. The molecule has 0 aliphatic carbocycles. The van der Waals surface area contributed by atoms with Crippen LogP contribution in [0.1, 0.15) is 96.3 Å². The van der Waals surface area contributed by atoms with Gasteiger partial charge in [-0.3, -0.25) is 0 Å². The highest BCUT2D eigenvalue weighted by Gasteiger charge is 1.91. The van der Waals surface area contributed by atoms with E-state index in [0.717, 1.165) is 19.1 Å². The molecule has 0 fully saturated rings. The van der Waals surface area contributed by atoms with Crippen molar-refractivity contribution in [1.29, 1.82) is 0 Å². The maximum Gasteiger partial charge on any atom is 0.0751 e. The predicted molar refractivity (Wildman–Crippen MR) is 97.2 cm³/mol. The van der Waals surface area contributed by atoms with Crippen molar-refractivity contribution in [3.63, 3.8) is 0 Å². The van der Waals surface area contributed by atoms with Crippen molar-refractivity contribution in [3.05, 3.63) is 24.5 Å². The molecule has 2 heteroatoms. The average Bonchev–Trinajstić information content (AvgIpc) is 2.54. The summed E-state index contributed by atoms with van der Waals surface area (Å²) < 4.78 is 0. The molecule has 0 aromatic carbocycles. The minimum absolute atomic E-state index is 0.348. The number of hydrogen-bond acceptors (Lipinski definition) is 2. The zero-order valence-electron chi connectivity index (χ0n) is 14.5. The van der Waals surface area contributed by atoms with E-state index in [2.05, 4.69) is 12.2 Å². The second kappa shape index (κ2) is 20.2. The lowest BCUT2D eigenvalue weighted by Crippen LogP contribution is -1.83. The number of allylic oxidation sites excluding steroid dienone is 3. The van der Waals surface area contributed by atoms with Crippen LogP contribution in [0.25, 0.3) is 0 Å². The van der Waals surface area contributed by atoms with Crippen LogP contribution in [0.2, 0.25) is 0 Å². The van der Waals surface area contributed by atoms with Gasteiger partial charge in [0.2, 0.25) is 0 Å². The smallest absolute Gasteiger partial charge is 0.0751 e. The van der Waals surface area contributed by atoms with Crippen LogP contribution in [-0.4, -0.2) is 16.8 Å². The van der Waals surface area contributed by atoms with Gasteiger partial charge in [0, 0.05) is 6.61 Å². The zero-order chi connectivity index (χ0) is 16.1. The number of rotatable bonds is 17. The number of hydrogen-bond donors (Lipinski definition) is 2. The summed E-state index contributed by atoms with van der Waals surface area (Å²) in [7, 11) is 0. The van der Waals surface area contributed by atoms with E-state index in [1.54, 1.807) is 0 Å². The second-order valence-electron chi connectivity index (χ2n) is 6.19. The molecule has 2 N–H and O–H groups in total. The largest absolute Gasteiger partial charge is 0.516 e. The number of aliphatic hydroxyl groups excluding tert-OH is 2. The predicted octanol–water partition coefficient (Wildman–Crippen LogP) is 6.46. The van der Waals surface area contributed by atoms with Gasteiger partial charge in [0.25, 0.3) is 0 Å². The normalized spacial score (nSPS) is 11.9. The molecular formula is C20H38O2. The fraction of sp³-hybridized carbons (Fsp3) is 0.800. The van der Waals surface area contributed by atoms with Crippen molar-refractivity contribution < 1.29 is 10.2 Å². The highest BCUT2D eigenvalue weighted by atomic mass is 16.3. The van der Waals surface area contributed by atoms with E-state index in [9.17, 15) is 0 Å². The first kappa shape index (κ1) is 21.2. The fourth-order valence-corrected chi connectivity index (χ4v) is 2.62. The summed E-state index contributed by atoms with van der Waals surface area (Å²) >= 11 is 0. The van der Waals surface area contributed by atoms with Gasteiger partial charge in [0.1, 0.15) is 0 Å². The topological polar surface area (TPSA) is 40.5 Å². The highest BCUT2D eigenvalue weighted by Crippen LogP contribution is 2.11. The molecule has 0 unspecified atom stereocenters. The van der Waals surface area contributed by atoms with Crippen LogP contribution in [0, 0.1) is 0 Å². The van der Waals surface area contributed by atoms with Crippen LogP contribution < -0.4 is 0 Å². The average molecular weight is 311 g/mol. The Morgan fingerprint density at radius 2 is 0.818 bits per heavy atom. The van der Waals surface area contributed by atoms with E-state index in [0.29, 0.717) is 6.61 Å². The molecule has 0 radical (unpaired) electrons. The van der Waals surface area contributed by atoms with Crippen molar-refractivity contribution in [3.8, 4) is 0 Å². The first-order valence-electron chi connectivity index (χ1n) is 9.47. The molecule has 0 saturated carbocycles. The fourth-order valence-electron chi connectivity index (χ4n) is 2.62. The lowest BCUT2D eigenvalue weighted by Gasteiger charge is -2.00. The van der Waals surface area contributed by atoms with Crippen molar-refractivity contribution in [2.45, 2.75) is 96.3 Å². The van der Waals surface area contributed by atoms with Gasteiger partial charge in [0.15, 0.2) is 0 Å². The number of aliphatic hydroxyl groups is 2. The summed E-state index contributed by atoms with van der Waals surface area (Å²) in [5, 5.41) is 17.2. The first-order valence-corrected chi connectivity index (χ1v) is 9.47. The molecule has 0 heterocycles. The maximum atomic E-state index is 8.68. The molecule has 0 amide bonds. The molecule has 0 aliphatic heterocycles. The van der Waals surface area contributed by atoms with Crippen LogP contribution in [0.5, 0.6) is 0 Å². The van der Waals surface area contributed by atoms with Crippen LogP contribution >= 0.6 is 0 Å². The van der Waals surface area contributed by atoms with Crippen LogP contribution in [0.4, 0.5) is 0 Å². The van der Waals surface area contributed by atoms with Gasteiger partial charge in [-0.15, -0.1) is 0 Å². The minimum Gasteiger partial charge on any atom is -0.516 e. The SMILES string of the molecule is OC=CCCCCCCCCCC=CCCCCCCCO. The van der Waals surface area contributed by atoms with Crippen molar-refractivity contribution in [2.75, 3.05) is 6.61 Å². The standard InChI is InChI=1S/C20H38O2/c21-19-17-15-13-11-9-7-5-3-1-2-4-6-8-10-12-14-16-18-20-22/h3,5,18,20-22H,1-2,4,6-17,19H2. The van der Waals surface area contributed by atoms with Gasteiger partial charge >= 0.3 is 0 Å². The lowest BCUT2D eigenvalue weighted by atomic mass is 10.1. The van der Waals surface area contributed by atoms with Gasteiger partial charge in [-0.1, -0.05) is 69.6 Å². The summed E-state index contributed by atoms with van der Waals surface area (Å²) in [5.74, 6) is 0. The van der Waals surface area contributed by atoms with Gasteiger partial charge in [-0.2, -0.15) is 0 Å². The Kier molecular flexibility index (Phi) is 19.5. The third kappa shape index (κ3) is 19.2. The van der Waals surface area contributed by atoms with Crippen LogP contribution in [0.15, 0.2) is 24.5 Å². The van der Waals surface area contributed by atoms with Gasteiger partial charge in [0.05, 0.1) is 6.26 Å². The third-order valence-electron chi connectivity index (χ3n) is 4.04. The molecule has 0 aromatic heterocycles. The molecule has 0 atom stereocenters. The van der Waals surface area contributed by atoms with Gasteiger partial charge in [-0.05, 0) is 44.9 Å². The third-order valence-corrected chi connectivity index (χ3v) is 4.04. The Balaban J connectivity index is 3.05. The molecule has 130 valence electrons. The molecular weight excluding hydrogens is 272 g/mol. The Morgan fingerprint density at radius 3 is 1.23 bits per heavy atom. The van der Waals surface area contributed by atoms with Crippen molar-refractivity contribution in [1.82, 2.24) is 0 Å². The van der Waals surface area contributed by atoms with Gasteiger partial charge < -0.3 is 10.2 Å². The van der Waals surface area contributed by atoms with E-state index in [-0.39, 0.29) is 0 Å². The van der Waals surface area contributed by atoms with Crippen LogP contribution in [-0.2, 0) is 0 Å². The zero-order valence-corrected chi connectivity index (χ0v) is 14.5. The van der Waals surface area contributed by atoms with E-state index in [4.69, 9.17) is 10.2 Å². The van der Waals surface area contributed by atoms with Crippen molar-refractivity contribution in [2.24, 2.45) is 0 Å². The van der Waals surface area contributed by atoms with E-state index in [1.165, 1.54) is 83.5 Å². The van der Waals surface area contributed by atoms with E-state index < -0.39 is 0 Å². The summed E-state index contributed by atoms with van der Waals surface area (Å²) in [6.07, 6.45) is 26.5. The second-order valence-corrected chi connectivity index (χ2v) is 6.19. The van der Waals surface area contributed by atoms with Crippen molar-refractivity contribution >= 4 is 0 Å². The highest BCUT2D eigenvalue weighted by molar-refractivity contribution is 4.81. The molecule has 22 heavy (non-hydrogen) atoms. The molecule has 0 aliphatic rings. The Bertz CT molecular complexity index is 246. The summed E-state index contributed by atoms with van der Waals surface area (Å²) in [6, 6.07) is 0. The van der Waals surface area contributed by atoms with Crippen LogP contribution in [0.3, 0.4) is 0 Å². The van der Waals surface area contributed by atoms with E-state index in [1.807, 2.05) is 6.08 Å². The molecule has 0 bridgehead atoms. The monoisotopic (exact) mass is 310 g/mol. The molecule has 0 rings (SSSR count). The lowest BCUT2D eigenvalue weighted by molar-refractivity contribution is 0.282. The minimum atomic E-state index is 0.348. The summed E-state index contributed by atoms with van der Waals surface area (Å²) in [6.45, 7) is 0.348. The van der Waals surface area contributed by atoms with E-state index >= 15 is 0 Å². The Hall–Kier alpha value is -0.760. The summed E-state index contributed by atoms with van der Waals surface area (Å²) in [4.78, 5) is 0. The molecule has 0 spiro atoms. The molecule has 0 aromatic rings. The number of unbranched alkanes of at least 4 members (excludes halogenated alkanes) is 13. The quantitative estimate of drug-likeness (QED) is 0.184. The Morgan fingerprint density at radius 1 is 0.455 bits per heavy atom. The Labute approximate surface area is 138 Å². The van der Waals surface area contributed by atoms with Gasteiger partial charge in [-0.25, -0.2) is 0 Å². The molecule has 2 nitrogen and oxygen atoms in total. The maximum absolute atomic E-state index is 8.68. The molecule has 0 saturated heterocycles.